The molecule has 2 nitrogen and oxygen atoms in total. The third-order valence-corrected chi connectivity index (χ3v) is 4.25. The van der Waals surface area contributed by atoms with Gasteiger partial charge in [-0.1, -0.05) is 18.2 Å². The van der Waals surface area contributed by atoms with Crippen LogP contribution in [0.5, 0.6) is 0 Å². The smallest absolute Gasteiger partial charge is 0.175 e. The van der Waals surface area contributed by atoms with Crippen LogP contribution < -0.4 is 0 Å². The molecule has 0 fully saturated rings. The van der Waals surface area contributed by atoms with Crippen molar-refractivity contribution in [1.82, 2.24) is 0 Å². The highest BCUT2D eigenvalue weighted by Gasteiger charge is 2.12. The van der Waals surface area contributed by atoms with Crippen molar-refractivity contribution in [2.75, 3.05) is 13.2 Å². The first-order valence-corrected chi connectivity index (χ1v) is 7.13. The fourth-order valence-electron chi connectivity index (χ4n) is 1.54. The molecule has 0 amide bonds. The van der Waals surface area contributed by atoms with Crippen molar-refractivity contribution in [3.05, 3.63) is 34.9 Å². The van der Waals surface area contributed by atoms with Crippen molar-refractivity contribution < 1.29 is 9.05 Å². The molecule has 16 heavy (non-hydrogen) atoms. The maximum atomic E-state index is 5.62. The second-order valence-electron chi connectivity index (χ2n) is 3.69. The van der Waals surface area contributed by atoms with Crippen molar-refractivity contribution in [3.8, 4) is 0 Å². The Hall–Kier alpha value is -0.430. The van der Waals surface area contributed by atoms with Gasteiger partial charge in [-0.25, -0.2) is 0 Å². The van der Waals surface area contributed by atoms with Crippen LogP contribution in [-0.4, -0.2) is 13.2 Å². The Morgan fingerprint density at radius 1 is 1.06 bits per heavy atom. The summed E-state index contributed by atoms with van der Waals surface area (Å²) in [5.74, 6) is 0. The molecule has 0 bridgehead atoms. The summed E-state index contributed by atoms with van der Waals surface area (Å²) in [5, 5.41) is 0. The summed E-state index contributed by atoms with van der Waals surface area (Å²) < 4.78 is 11.2. The normalized spacial score (nSPS) is 11.1. The molecule has 1 aromatic rings. The Morgan fingerprint density at radius 2 is 1.69 bits per heavy atom. The Bertz CT molecular complexity index is 320. The van der Waals surface area contributed by atoms with Crippen LogP contribution in [0, 0.1) is 13.8 Å². The van der Waals surface area contributed by atoms with E-state index in [2.05, 4.69) is 32.0 Å². The van der Waals surface area contributed by atoms with Gasteiger partial charge in [0.1, 0.15) is 0 Å². The molecule has 90 valence electrons. The largest absolute Gasteiger partial charge is 0.334 e. The molecule has 0 aromatic heterocycles. The molecule has 0 atom stereocenters. The Labute approximate surface area is 99.9 Å². The maximum absolute atomic E-state index is 5.62. The van der Waals surface area contributed by atoms with Gasteiger partial charge in [0, 0.05) is 6.16 Å². The quantitative estimate of drug-likeness (QED) is 0.694. The highest BCUT2D eigenvalue weighted by Crippen LogP contribution is 2.42. The SMILES string of the molecule is CCOP(Cc1cccc(C)c1C)OCC. The molecule has 0 saturated carbocycles. The fourth-order valence-corrected chi connectivity index (χ4v) is 2.99. The standard InChI is InChI=1S/C13H21O2P/c1-5-14-16(15-6-2)10-13-9-7-8-11(3)12(13)4/h7-9H,5-6,10H2,1-4H3. The van der Waals surface area contributed by atoms with Gasteiger partial charge in [-0.3, -0.25) is 0 Å². The van der Waals surface area contributed by atoms with Crippen LogP contribution >= 0.6 is 8.38 Å². The van der Waals surface area contributed by atoms with Crippen LogP contribution in [0.4, 0.5) is 0 Å². The van der Waals surface area contributed by atoms with E-state index in [1.807, 2.05) is 13.8 Å². The van der Waals surface area contributed by atoms with E-state index in [0.29, 0.717) is 0 Å². The minimum absolute atomic E-state index is 0.719. The number of hydrogen-bond acceptors (Lipinski definition) is 2. The molecule has 0 aliphatic carbocycles. The third-order valence-electron chi connectivity index (χ3n) is 2.56. The molecule has 0 N–H and O–H groups in total. The van der Waals surface area contributed by atoms with Crippen LogP contribution in [0.25, 0.3) is 0 Å². The van der Waals surface area contributed by atoms with Crippen molar-refractivity contribution in [1.29, 1.82) is 0 Å². The monoisotopic (exact) mass is 240 g/mol. The molecule has 1 aromatic carbocycles. The maximum Gasteiger partial charge on any atom is 0.175 e. The van der Waals surface area contributed by atoms with Gasteiger partial charge in [0.05, 0.1) is 13.2 Å². The molecule has 0 unspecified atom stereocenters. The third kappa shape index (κ3) is 3.86. The zero-order chi connectivity index (χ0) is 12.0. The van der Waals surface area contributed by atoms with Gasteiger partial charge >= 0.3 is 0 Å². The molecule has 0 spiro atoms. The first-order chi connectivity index (χ1) is 7.69. The number of aryl methyl sites for hydroxylation is 1. The fraction of sp³-hybridized carbons (Fsp3) is 0.538. The molecular weight excluding hydrogens is 219 g/mol. The van der Waals surface area contributed by atoms with E-state index in [0.717, 1.165) is 19.4 Å². The second kappa shape index (κ2) is 7.01. The van der Waals surface area contributed by atoms with Crippen molar-refractivity contribution in [2.45, 2.75) is 33.9 Å². The minimum atomic E-state index is -0.766. The van der Waals surface area contributed by atoms with Gasteiger partial charge in [0.2, 0.25) is 0 Å². The summed E-state index contributed by atoms with van der Waals surface area (Å²) in [4.78, 5) is 0. The summed E-state index contributed by atoms with van der Waals surface area (Å²) >= 11 is 0. The number of hydrogen-bond donors (Lipinski definition) is 0. The van der Waals surface area contributed by atoms with Crippen LogP contribution in [0.1, 0.15) is 30.5 Å². The zero-order valence-corrected chi connectivity index (χ0v) is 11.5. The lowest BCUT2D eigenvalue weighted by Gasteiger charge is -2.17. The highest BCUT2D eigenvalue weighted by atomic mass is 31.2. The highest BCUT2D eigenvalue weighted by molar-refractivity contribution is 7.46. The number of benzene rings is 1. The summed E-state index contributed by atoms with van der Waals surface area (Å²) in [6.45, 7) is 9.76. The summed E-state index contributed by atoms with van der Waals surface area (Å²) in [5.41, 5.74) is 4.03. The van der Waals surface area contributed by atoms with E-state index in [-0.39, 0.29) is 0 Å². The first kappa shape index (κ1) is 13.6. The van der Waals surface area contributed by atoms with Gasteiger partial charge in [-0.15, -0.1) is 0 Å². The molecule has 0 saturated heterocycles. The van der Waals surface area contributed by atoms with Gasteiger partial charge in [-0.05, 0) is 44.4 Å². The van der Waals surface area contributed by atoms with Crippen molar-refractivity contribution >= 4 is 8.38 Å². The van der Waals surface area contributed by atoms with E-state index in [1.165, 1.54) is 16.7 Å². The van der Waals surface area contributed by atoms with Crippen LogP contribution in [0.2, 0.25) is 0 Å². The molecule has 0 aliphatic heterocycles. The summed E-state index contributed by atoms with van der Waals surface area (Å²) in [6.07, 6.45) is 0.893. The van der Waals surface area contributed by atoms with E-state index < -0.39 is 8.38 Å². The minimum Gasteiger partial charge on any atom is -0.334 e. The van der Waals surface area contributed by atoms with Gasteiger partial charge in [-0.2, -0.15) is 0 Å². The molecule has 0 radical (unpaired) electrons. The average molecular weight is 240 g/mol. The molecule has 3 heteroatoms. The average Bonchev–Trinajstić information content (AvgIpc) is 2.25. The van der Waals surface area contributed by atoms with Crippen LogP contribution in [0.15, 0.2) is 18.2 Å². The van der Waals surface area contributed by atoms with Crippen molar-refractivity contribution in [3.63, 3.8) is 0 Å². The zero-order valence-electron chi connectivity index (χ0n) is 10.6. The van der Waals surface area contributed by atoms with Crippen molar-refractivity contribution in [2.24, 2.45) is 0 Å². The second-order valence-corrected chi connectivity index (χ2v) is 5.18. The Balaban J connectivity index is 2.72. The summed E-state index contributed by atoms with van der Waals surface area (Å²) in [7, 11) is -0.766. The van der Waals surface area contributed by atoms with E-state index >= 15 is 0 Å². The Morgan fingerprint density at radius 3 is 2.25 bits per heavy atom. The van der Waals surface area contributed by atoms with E-state index in [1.54, 1.807) is 0 Å². The molecular formula is C13H21O2P. The summed E-state index contributed by atoms with van der Waals surface area (Å²) in [6, 6.07) is 6.40. The van der Waals surface area contributed by atoms with Gasteiger partial charge in [0.15, 0.2) is 8.38 Å². The predicted molar refractivity (Wildman–Crippen MR) is 69.8 cm³/mol. The first-order valence-electron chi connectivity index (χ1n) is 5.77. The topological polar surface area (TPSA) is 18.5 Å². The lowest BCUT2D eigenvalue weighted by Crippen LogP contribution is -1.97. The lowest BCUT2D eigenvalue weighted by molar-refractivity contribution is 0.268. The van der Waals surface area contributed by atoms with E-state index in [4.69, 9.17) is 9.05 Å². The van der Waals surface area contributed by atoms with Crippen LogP contribution in [0.3, 0.4) is 0 Å². The van der Waals surface area contributed by atoms with Gasteiger partial charge < -0.3 is 9.05 Å². The lowest BCUT2D eigenvalue weighted by atomic mass is 10.1. The predicted octanol–water partition coefficient (Wildman–Crippen LogP) is 4.19. The number of rotatable bonds is 6. The Kier molecular flexibility index (Phi) is 5.97. The van der Waals surface area contributed by atoms with Gasteiger partial charge in [0.25, 0.3) is 0 Å². The van der Waals surface area contributed by atoms with Crippen LogP contribution in [-0.2, 0) is 15.2 Å². The molecule has 1 rings (SSSR count). The van der Waals surface area contributed by atoms with E-state index in [9.17, 15) is 0 Å². The molecule has 0 aliphatic rings. The molecule has 0 heterocycles.